The summed E-state index contributed by atoms with van der Waals surface area (Å²) in [4.78, 5) is 35.4. The maximum atomic E-state index is 14.8. The summed E-state index contributed by atoms with van der Waals surface area (Å²) in [6, 6.07) is 18.5. The predicted octanol–water partition coefficient (Wildman–Crippen LogP) is 4.65. The molecule has 0 fully saturated rings. The van der Waals surface area contributed by atoms with Crippen molar-refractivity contribution in [2.45, 2.75) is 43.5 Å². The number of hydrogen-bond acceptors (Lipinski definition) is 5. The molecule has 3 aromatic carbocycles. The van der Waals surface area contributed by atoms with Crippen molar-refractivity contribution in [2.24, 2.45) is 5.14 Å². The number of primary sulfonamides is 1. The molecule has 0 saturated heterocycles. The van der Waals surface area contributed by atoms with Crippen LogP contribution in [0.25, 0.3) is 22.3 Å². The average molecular weight is 688 g/mol. The summed E-state index contributed by atoms with van der Waals surface area (Å²) in [5.74, 6) is -0.493. The van der Waals surface area contributed by atoms with Crippen LogP contribution < -0.4 is 16.4 Å². The fourth-order valence-corrected chi connectivity index (χ4v) is 6.11. The first-order chi connectivity index (χ1) is 19.6. The Hall–Kier alpha value is -3.62. The molecule has 2 heterocycles. The third-order valence-corrected chi connectivity index (χ3v) is 8.61. The molecule has 0 aliphatic rings. The maximum absolute atomic E-state index is 14.8. The molecule has 41 heavy (non-hydrogen) atoms. The first kappa shape index (κ1) is 28.9. The van der Waals surface area contributed by atoms with Crippen molar-refractivity contribution in [1.29, 1.82) is 0 Å². The average Bonchev–Trinajstić information content (AvgIpc) is 3.37. The molecule has 0 aliphatic carbocycles. The van der Waals surface area contributed by atoms with E-state index in [9.17, 15) is 22.4 Å². The molecule has 0 bridgehead atoms. The van der Waals surface area contributed by atoms with E-state index >= 15 is 0 Å². The normalized spacial score (nSPS) is 12.6. The van der Waals surface area contributed by atoms with Crippen LogP contribution in [0.3, 0.4) is 0 Å². The van der Waals surface area contributed by atoms with Crippen LogP contribution in [0.5, 0.6) is 0 Å². The molecule has 0 amide bonds. The van der Waals surface area contributed by atoms with Crippen molar-refractivity contribution in [2.75, 3.05) is 0 Å². The minimum atomic E-state index is -3.97. The van der Waals surface area contributed by atoms with Gasteiger partial charge in [-0.05, 0) is 76.4 Å². The van der Waals surface area contributed by atoms with E-state index in [0.29, 0.717) is 29.1 Å². The van der Waals surface area contributed by atoms with E-state index in [1.807, 2.05) is 19.1 Å². The van der Waals surface area contributed by atoms with E-state index in [1.165, 1.54) is 16.7 Å². The number of aromatic nitrogens is 4. The monoisotopic (exact) mass is 687 g/mol. The second-order valence-electron chi connectivity index (χ2n) is 9.74. The SMILES string of the molecule is CCCCn1c(=O)[nH]c(=O)c2[nH]c(C(Cc3ccccc3F)c3ccc(-c4cc(I)ccc4S(N)(=O)=O)cc3)nc21. The van der Waals surface area contributed by atoms with Crippen LogP contribution in [-0.4, -0.2) is 27.9 Å². The number of aromatic amines is 2. The summed E-state index contributed by atoms with van der Waals surface area (Å²) in [7, 11) is -3.97. The van der Waals surface area contributed by atoms with Gasteiger partial charge in [0.2, 0.25) is 10.0 Å². The summed E-state index contributed by atoms with van der Waals surface area (Å²) in [5.41, 5.74) is 1.60. The summed E-state index contributed by atoms with van der Waals surface area (Å²) in [6.45, 7) is 2.39. The lowest BCUT2D eigenvalue weighted by molar-refractivity contribution is 0.597. The number of nitrogens with one attached hydrogen (secondary N) is 2. The molecule has 5 rings (SSSR count). The van der Waals surface area contributed by atoms with E-state index in [-0.39, 0.29) is 28.3 Å². The number of hydrogen-bond donors (Lipinski definition) is 3. The Kier molecular flexibility index (Phi) is 8.25. The first-order valence-corrected chi connectivity index (χ1v) is 15.6. The van der Waals surface area contributed by atoms with Gasteiger partial charge in [-0.25, -0.2) is 27.7 Å². The van der Waals surface area contributed by atoms with Gasteiger partial charge in [0.1, 0.15) is 17.2 Å². The van der Waals surface area contributed by atoms with Gasteiger partial charge in [0.25, 0.3) is 5.56 Å². The highest BCUT2D eigenvalue weighted by atomic mass is 127. The summed E-state index contributed by atoms with van der Waals surface area (Å²) < 4.78 is 41.5. The molecule has 9 nitrogen and oxygen atoms in total. The van der Waals surface area contributed by atoms with Gasteiger partial charge in [0.05, 0.1) is 4.90 Å². The standard InChI is InChI=1S/C29H27FIN5O4S/c1-2-3-14-36-27-25(28(37)35-29(36)38)33-26(34-27)22(15-19-6-4-5-7-23(19)30)18-10-8-17(9-11-18)21-16-20(31)12-13-24(21)41(32,39)40/h4-13,16,22H,2-3,14-15H2,1H3,(H,33,34)(H2,32,39,40)(H,35,37,38). The molecule has 0 radical (unpaired) electrons. The second kappa shape index (κ2) is 11.7. The van der Waals surface area contributed by atoms with Crippen molar-refractivity contribution in [3.05, 3.63) is 114 Å². The number of unbranched alkanes of at least 4 members (excludes halogenated alkanes) is 1. The number of aryl methyl sites for hydroxylation is 1. The minimum absolute atomic E-state index is 0.00938. The van der Waals surface area contributed by atoms with E-state index < -0.39 is 27.2 Å². The third kappa shape index (κ3) is 6.04. The summed E-state index contributed by atoms with van der Waals surface area (Å²) in [6.07, 6.45) is 1.79. The molecule has 212 valence electrons. The number of benzene rings is 3. The molecule has 5 aromatic rings. The van der Waals surface area contributed by atoms with Crippen LogP contribution in [0, 0.1) is 9.39 Å². The van der Waals surface area contributed by atoms with Gasteiger partial charge >= 0.3 is 5.69 Å². The van der Waals surface area contributed by atoms with Gasteiger partial charge < -0.3 is 4.98 Å². The smallest absolute Gasteiger partial charge is 0.330 e. The number of halogens is 2. The molecule has 2 aromatic heterocycles. The molecule has 0 spiro atoms. The summed E-state index contributed by atoms with van der Waals surface area (Å²) >= 11 is 2.10. The lowest BCUT2D eigenvalue weighted by Gasteiger charge is -2.17. The molecule has 1 unspecified atom stereocenters. The number of nitrogens with two attached hydrogens (primary N) is 1. The Balaban J connectivity index is 1.64. The molecule has 0 aliphatic heterocycles. The number of fused-ring (bicyclic) bond motifs is 1. The van der Waals surface area contributed by atoms with Gasteiger partial charge in [0, 0.05) is 21.6 Å². The van der Waals surface area contributed by atoms with Gasteiger partial charge in [0.15, 0.2) is 5.65 Å². The van der Waals surface area contributed by atoms with Crippen LogP contribution in [0.4, 0.5) is 4.39 Å². The Morgan fingerprint density at radius 1 is 1.05 bits per heavy atom. The fraction of sp³-hybridized carbons (Fsp3) is 0.207. The first-order valence-electron chi connectivity index (χ1n) is 13.0. The topological polar surface area (TPSA) is 144 Å². The van der Waals surface area contributed by atoms with Gasteiger partial charge in [-0.3, -0.25) is 14.3 Å². The van der Waals surface area contributed by atoms with Gasteiger partial charge in [-0.1, -0.05) is 55.8 Å². The van der Waals surface area contributed by atoms with Crippen LogP contribution >= 0.6 is 22.6 Å². The van der Waals surface area contributed by atoms with E-state index in [1.54, 1.807) is 42.5 Å². The fourth-order valence-electron chi connectivity index (χ4n) is 4.87. The zero-order valence-electron chi connectivity index (χ0n) is 22.0. The quantitative estimate of drug-likeness (QED) is 0.194. The van der Waals surface area contributed by atoms with Crippen molar-refractivity contribution >= 4 is 43.8 Å². The van der Waals surface area contributed by atoms with Gasteiger partial charge in [-0.15, -0.1) is 0 Å². The predicted molar refractivity (Wildman–Crippen MR) is 164 cm³/mol. The summed E-state index contributed by atoms with van der Waals surface area (Å²) in [5, 5.41) is 5.47. The van der Waals surface area contributed by atoms with Crippen LogP contribution in [0.2, 0.25) is 0 Å². The number of rotatable bonds is 9. The van der Waals surface area contributed by atoms with Crippen molar-refractivity contribution in [3.63, 3.8) is 0 Å². The Bertz CT molecular complexity index is 1970. The molecule has 0 saturated carbocycles. The molecular formula is C29H27FIN5O4S. The third-order valence-electron chi connectivity index (χ3n) is 6.97. The highest BCUT2D eigenvalue weighted by Gasteiger charge is 2.24. The van der Waals surface area contributed by atoms with E-state index in [4.69, 9.17) is 10.1 Å². The highest BCUT2D eigenvalue weighted by Crippen LogP contribution is 2.33. The minimum Gasteiger partial charge on any atom is -0.336 e. The van der Waals surface area contributed by atoms with Crippen molar-refractivity contribution < 1.29 is 12.8 Å². The molecule has 4 N–H and O–H groups in total. The van der Waals surface area contributed by atoms with Crippen LogP contribution in [0.1, 0.15) is 42.6 Å². The zero-order chi connectivity index (χ0) is 29.3. The van der Waals surface area contributed by atoms with E-state index in [2.05, 4.69) is 32.6 Å². The highest BCUT2D eigenvalue weighted by molar-refractivity contribution is 14.1. The van der Waals surface area contributed by atoms with E-state index in [0.717, 1.165) is 22.0 Å². The Morgan fingerprint density at radius 2 is 1.78 bits per heavy atom. The number of nitrogens with zero attached hydrogens (tertiary/aromatic N) is 2. The molecule has 1 atom stereocenters. The largest absolute Gasteiger partial charge is 0.336 e. The lowest BCUT2D eigenvalue weighted by atomic mass is 9.90. The number of H-pyrrole nitrogens is 2. The van der Waals surface area contributed by atoms with Crippen molar-refractivity contribution in [3.8, 4) is 11.1 Å². The van der Waals surface area contributed by atoms with Crippen LogP contribution in [0.15, 0.2) is 81.2 Å². The van der Waals surface area contributed by atoms with Crippen molar-refractivity contribution in [1.82, 2.24) is 19.5 Å². The maximum Gasteiger partial charge on any atom is 0.330 e. The number of sulfonamides is 1. The van der Waals surface area contributed by atoms with Crippen LogP contribution in [-0.2, 0) is 23.0 Å². The molecular weight excluding hydrogens is 660 g/mol. The molecule has 12 heteroatoms. The Morgan fingerprint density at radius 3 is 2.46 bits per heavy atom. The lowest BCUT2D eigenvalue weighted by Crippen LogP contribution is -2.30. The number of imidazole rings is 1. The van der Waals surface area contributed by atoms with Gasteiger partial charge in [-0.2, -0.15) is 0 Å². The second-order valence-corrected chi connectivity index (χ2v) is 12.5. The zero-order valence-corrected chi connectivity index (χ0v) is 25.0. The Labute approximate surface area is 248 Å².